The van der Waals surface area contributed by atoms with Crippen LogP contribution in [-0.4, -0.2) is 45.9 Å². The number of aryl methyl sites for hydroxylation is 2. The quantitative estimate of drug-likeness (QED) is 0.274. The van der Waals surface area contributed by atoms with Crippen LogP contribution in [0.3, 0.4) is 0 Å². The standard InChI is InChI=1S/C30H27N5O3/c1-18-25-27(20-16-23(36-3)28(38-5)24(17-20)37-4)26-19(2)33-35(22-14-10-7-11-15-22)30(26)31-29(25)34(32-18)21-12-8-6-9-13-21/h6-17H,1-5H3. The van der Waals surface area contributed by atoms with Gasteiger partial charge in [-0.15, -0.1) is 0 Å². The molecule has 0 amide bonds. The molecule has 6 aromatic rings. The summed E-state index contributed by atoms with van der Waals surface area (Å²) in [5.41, 5.74) is 6.89. The molecule has 0 N–H and O–H groups in total. The summed E-state index contributed by atoms with van der Waals surface area (Å²) < 4.78 is 20.8. The van der Waals surface area contributed by atoms with Crippen LogP contribution in [0.2, 0.25) is 0 Å². The highest BCUT2D eigenvalue weighted by Crippen LogP contribution is 2.45. The number of ether oxygens (including phenoxy) is 3. The molecule has 0 saturated carbocycles. The van der Waals surface area contributed by atoms with Gasteiger partial charge in [0, 0.05) is 5.56 Å². The van der Waals surface area contributed by atoms with Crippen LogP contribution in [0, 0.1) is 13.8 Å². The molecule has 3 heterocycles. The van der Waals surface area contributed by atoms with Crippen LogP contribution in [-0.2, 0) is 0 Å². The lowest BCUT2D eigenvalue weighted by Crippen LogP contribution is -2.01. The third-order valence-corrected chi connectivity index (χ3v) is 6.74. The maximum Gasteiger partial charge on any atom is 0.203 e. The van der Waals surface area contributed by atoms with E-state index in [1.165, 1.54) is 0 Å². The molecule has 3 aromatic heterocycles. The third kappa shape index (κ3) is 3.56. The Morgan fingerprint density at radius 1 is 0.605 bits per heavy atom. The minimum atomic E-state index is 0.536. The molecule has 0 aliphatic heterocycles. The van der Waals surface area contributed by atoms with Crippen LogP contribution in [0.1, 0.15) is 11.4 Å². The van der Waals surface area contributed by atoms with Crippen molar-refractivity contribution in [2.24, 2.45) is 0 Å². The molecule has 38 heavy (non-hydrogen) atoms. The van der Waals surface area contributed by atoms with Crippen molar-refractivity contribution in [3.05, 3.63) is 84.2 Å². The molecule has 0 aliphatic carbocycles. The molecule has 0 fully saturated rings. The Bertz CT molecular complexity index is 1670. The van der Waals surface area contributed by atoms with Crippen molar-refractivity contribution in [2.75, 3.05) is 21.3 Å². The summed E-state index contributed by atoms with van der Waals surface area (Å²) in [4.78, 5) is 5.19. The van der Waals surface area contributed by atoms with Gasteiger partial charge in [-0.05, 0) is 55.8 Å². The van der Waals surface area contributed by atoms with Crippen LogP contribution in [0.25, 0.3) is 44.6 Å². The SMILES string of the molecule is COc1cc(-c2c3c(C)nn(-c4ccccc4)c3nc3c2c(C)nn3-c2ccccc2)cc(OC)c1OC. The van der Waals surface area contributed by atoms with E-state index in [1.54, 1.807) is 21.3 Å². The normalized spacial score (nSPS) is 11.3. The third-order valence-electron chi connectivity index (χ3n) is 6.74. The number of methoxy groups -OCH3 is 3. The van der Waals surface area contributed by atoms with E-state index in [0.717, 1.165) is 56.0 Å². The van der Waals surface area contributed by atoms with Crippen LogP contribution < -0.4 is 14.2 Å². The molecule has 190 valence electrons. The molecule has 0 spiro atoms. The number of hydrogen-bond acceptors (Lipinski definition) is 6. The van der Waals surface area contributed by atoms with Crippen molar-refractivity contribution in [3.63, 3.8) is 0 Å². The first-order chi connectivity index (χ1) is 18.5. The van der Waals surface area contributed by atoms with Gasteiger partial charge in [0.05, 0.1) is 54.9 Å². The van der Waals surface area contributed by atoms with Gasteiger partial charge in [0.1, 0.15) is 0 Å². The molecule has 3 aromatic carbocycles. The van der Waals surface area contributed by atoms with Crippen molar-refractivity contribution >= 4 is 22.1 Å². The van der Waals surface area contributed by atoms with Gasteiger partial charge >= 0.3 is 0 Å². The number of para-hydroxylation sites is 2. The lowest BCUT2D eigenvalue weighted by Gasteiger charge is -2.16. The predicted molar refractivity (Wildman–Crippen MR) is 148 cm³/mol. The van der Waals surface area contributed by atoms with Crippen molar-refractivity contribution in [3.8, 4) is 39.8 Å². The Morgan fingerprint density at radius 2 is 1.05 bits per heavy atom. The zero-order valence-corrected chi connectivity index (χ0v) is 21.9. The van der Waals surface area contributed by atoms with E-state index in [2.05, 4.69) is 0 Å². The Labute approximate surface area is 220 Å². The van der Waals surface area contributed by atoms with Crippen LogP contribution >= 0.6 is 0 Å². The van der Waals surface area contributed by atoms with Crippen molar-refractivity contribution in [2.45, 2.75) is 13.8 Å². The summed E-state index contributed by atoms with van der Waals surface area (Å²) in [7, 11) is 4.84. The number of aromatic nitrogens is 5. The average molecular weight is 506 g/mol. The summed E-state index contributed by atoms with van der Waals surface area (Å²) in [6.07, 6.45) is 0. The second kappa shape index (κ2) is 9.23. The van der Waals surface area contributed by atoms with Gasteiger partial charge in [0.2, 0.25) is 5.75 Å². The molecule has 0 radical (unpaired) electrons. The Kier molecular flexibility index (Phi) is 5.72. The summed E-state index contributed by atoms with van der Waals surface area (Å²) in [6.45, 7) is 4.02. The summed E-state index contributed by atoms with van der Waals surface area (Å²) in [5.74, 6) is 1.68. The average Bonchev–Trinajstić information content (AvgIpc) is 3.48. The summed E-state index contributed by atoms with van der Waals surface area (Å²) >= 11 is 0. The van der Waals surface area contributed by atoms with Crippen molar-refractivity contribution in [1.82, 2.24) is 24.5 Å². The Hall–Kier alpha value is -4.85. The van der Waals surface area contributed by atoms with E-state index in [-0.39, 0.29) is 0 Å². The molecule has 8 heteroatoms. The zero-order chi connectivity index (χ0) is 26.4. The number of hydrogen-bond donors (Lipinski definition) is 0. The lowest BCUT2D eigenvalue weighted by atomic mass is 9.97. The summed E-state index contributed by atoms with van der Waals surface area (Å²) in [5, 5.41) is 11.7. The van der Waals surface area contributed by atoms with E-state index in [1.807, 2.05) is 96.0 Å². The van der Waals surface area contributed by atoms with E-state index in [4.69, 9.17) is 29.4 Å². The van der Waals surface area contributed by atoms with E-state index < -0.39 is 0 Å². The second-order valence-electron chi connectivity index (χ2n) is 8.96. The van der Waals surface area contributed by atoms with E-state index >= 15 is 0 Å². The highest BCUT2D eigenvalue weighted by molar-refractivity contribution is 6.11. The number of nitrogens with zero attached hydrogens (tertiary/aromatic N) is 5. The number of rotatable bonds is 6. The van der Waals surface area contributed by atoms with Gasteiger partial charge in [-0.1, -0.05) is 36.4 Å². The second-order valence-corrected chi connectivity index (χ2v) is 8.96. The highest BCUT2D eigenvalue weighted by Gasteiger charge is 2.25. The maximum atomic E-state index is 5.71. The van der Waals surface area contributed by atoms with Gasteiger partial charge in [-0.2, -0.15) is 10.2 Å². The van der Waals surface area contributed by atoms with Crippen molar-refractivity contribution < 1.29 is 14.2 Å². The molecular formula is C30H27N5O3. The van der Waals surface area contributed by atoms with Crippen LogP contribution in [0.4, 0.5) is 0 Å². The van der Waals surface area contributed by atoms with Gasteiger partial charge in [0.15, 0.2) is 22.8 Å². The van der Waals surface area contributed by atoms with E-state index in [0.29, 0.717) is 17.2 Å². The highest BCUT2D eigenvalue weighted by atomic mass is 16.5. The van der Waals surface area contributed by atoms with E-state index in [9.17, 15) is 0 Å². The molecule has 0 saturated heterocycles. The fourth-order valence-electron chi connectivity index (χ4n) is 5.06. The minimum absolute atomic E-state index is 0.536. The lowest BCUT2D eigenvalue weighted by molar-refractivity contribution is 0.324. The van der Waals surface area contributed by atoms with Gasteiger partial charge in [0.25, 0.3) is 0 Å². The largest absolute Gasteiger partial charge is 0.493 e. The first-order valence-corrected chi connectivity index (χ1v) is 12.3. The monoisotopic (exact) mass is 505 g/mol. The molecule has 0 aliphatic rings. The number of benzene rings is 3. The van der Waals surface area contributed by atoms with Gasteiger partial charge in [-0.25, -0.2) is 14.3 Å². The Balaban J connectivity index is 1.79. The first-order valence-electron chi connectivity index (χ1n) is 12.3. The topological polar surface area (TPSA) is 76.2 Å². The smallest absolute Gasteiger partial charge is 0.203 e. The number of fused-ring (bicyclic) bond motifs is 2. The fraction of sp³-hybridized carbons (Fsp3) is 0.167. The molecule has 0 bridgehead atoms. The molecule has 0 atom stereocenters. The van der Waals surface area contributed by atoms with Crippen LogP contribution in [0.15, 0.2) is 72.8 Å². The summed E-state index contributed by atoms with van der Waals surface area (Å²) in [6, 6.07) is 24.0. The number of pyridine rings is 1. The molecular weight excluding hydrogens is 478 g/mol. The maximum absolute atomic E-state index is 5.71. The van der Waals surface area contributed by atoms with Crippen molar-refractivity contribution in [1.29, 1.82) is 0 Å². The minimum Gasteiger partial charge on any atom is -0.493 e. The van der Waals surface area contributed by atoms with Crippen LogP contribution in [0.5, 0.6) is 17.2 Å². The van der Waals surface area contributed by atoms with Gasteiger partial charge < -0.3 is 14.2 Å². The molecule has 0 unspecified atom stereocenters. The fourth-order valence-corrected chi connectivity index (χ4v) is 5.06. The zero-order valence-electron chi connectivity index (χ0n) is 21.9. The molecule has 6 rings (SSSR count). The Morgan fingerprint density at radius 3 is 1.45 bits per heavy atom. The first kappa shape index (κ1) is 23.5. The van der Waals surface area contributed by atoms with Gasteiger partial charge in [-0.3, -0.25) is 0 Å². The predicted octanol–water partition coefficient (Wildman–Crippen LogP) is 6.07. The molecule has 8 nitrogen and oxygen atoms in total.